The van der Waals surface area contributed by atoms with Crippen LogP contribution >= 0.6 is 0 Å². The Balaban J connectivity index is 1.36. The molecule has 3 aromatic rings. The fourth-order valence-corrected chi connectivity index (χ4v) is 3.66. The smallest absolute Gasteiger partial charge is 0.453 e. The van der Waals surface area contributed by atoms with E-state index in [0.717, 1.165) is 5.56 Å². The number of hydrogen-bond donors (Lipinski definition) is 0. The number of aromatic nitrogens is 4. The van der Waals surface area contributed by atoms with E-state index in [2.05, 4.69) is 15.3 Å². The molecule has 0 bridgehead atoms. The number of hydrogen-bond acceptors (Lipinski definition) is 7. The average Bonchev–Trinajstić information content (AvgIpc) is 3.22. The molecular weight excluding hydrogens is 427 g/mol. The lowest BCUT2D eigenvalue weighted by atomic mass is 9.97. The Labute approximate surface area is 181 Å². The highest BCUT2D eigenvalue weighted by atomic mass is 19.4. The van der Waals surface area contributed by atoms with Crippen LogP contribution in [0.3, 0.4) is 0 Å². The number of anilines is 1. The Hall–Kier alpha value is -3.37. The number of piperidine rings is 1. The van der Waals surface area contributed by atoms with E-state index in [-0.39, 0.29) is 24.1 Å². The lowest BCUT2D eigenvalue weighted by Gasteiger charge is -2.31. The summed E-state index contributed by atoms with van der Waals surface area (Å²) in [6, 6.07) is 10.4. The van der Waals surface area contributed by atoms with Crippen molar-refractivity contribution in [1.82, 2.24) is 19.8 Å². The van der Waals surface area contributed by atoms with Crippen molar-refractivity contribution >= 4 is 17.4 Å². The van der Waals surface area contributed by atoms with Gasteiger partial charge in [0.2, 0.25) is 0 Å². The van der Waals surface area contributed by atoms with Gasteiger partial charge in [-0.25, -0.2) is 0 Å². The average molecular weight is 449 g/mol. The van der Waals surface area contributed by atoms with E-state index in [1.807, 2.05) is 36.1 Å². The minimum atomic E-state index is -4.65. The third-order valence-corrected chi connectivity index (χ3v) is 5.30. The molecule has 0 radical (unpaired) electrons. The monoisotopic (exact) mass is 449 g/mol. The molecular formula is C21H22F3N5O3. The van der Waals surface area contributed by atoms with Gasteiger partial charge < -0.3 is 14.4 Å². The minimum Gasteiger partial charge on any atom is -0.493 e. The zero-order chi connectivity index (χ0) is 22.7. The standard InChI is InChI=1S/C21H22F3N5O3/c1-2-31-16-6-4-3-5-15(16)13-32-19(30)14-9-11-28(12-10-14)18-8-7-17-25-26-20(21(22,23)24)29(17)27-18/h3-8,14H,2,9-13H2,1H3. The normalized spacial score (nSPS) is 15.2. The molecule has 0 amide bonds. The number of halogens is 3. The highest BCUT2D eigenvalue weighted by Crippen LogP contribution is 2.29. The van der Waals surface area contributed by atoms with Crippen LogP contribution in [0.25, 0.3) is 5.65 Å². The van der Waals surface area contributed by atoms with Crippen molar-refractivity contribution in [2.24, 2.45) is 5.92 Å². The highest BCUT2D eigenvalue weighted by molar-refractivity contribution is 5.73. The van der Waals surface area contributed by atoms with Gasteiger partial charge in [-0.1, -0.05) is 18.2 Å². The highest BCUT2D eigenvalue weighted by Gasteiger charge is 2.38. The molecule has 0 aliphatic carbocycles. The summed E-state index contributed by atoms with van der Waals surface area (Å²) < 4.78 is 51.0. The lowest BCUT2D eigenvalue weighted by Crippen LogP contribution is -2.37. The van der Waals surface area contributed by atoms with Gasteiger partial charge in [0.15, 0.2) is 5.65 Å². The first-order valence-corrected chi connectivity index (χ1v) is 10.3. The van der Waals surface area contributed by atoms with E-state index in [1.54, 1.807) is 6.07 Å². The van der Waals surface area contributed by atoms with E-state index in [9.17, 15) is 18.0 Å². The summed E-state index contributed by atoms with van der Waals surface area (Å²) in [7, 11) is 0. The lowest BCUT2D eigenvalue weighted by molar-refractivity contribution is -0.150. The number of alkyl halides is 3. The second-order valence-corrected chi connectivity index (χ2v) is 7.39. The fourth-order valence-electron chi connectivity index (χ4n) is 3.66. The number of fused-ring (bicyclic) bond motifs is 1. The number of para-hydroxylation sites is 1. The second-order valence-electron chi connectivity index (χ2n) is 7.39. The minimum absolute atomic E-state index is 0.0203. The van der Waals surface area contributed by atoms with Crippen molar-refractivity contribution < 1.29 is 27.4 Å². The van der Waals surface area contributed by atoms with Crippen molar-refractivity contribution in [1.29, 1.82) is 0 Å². The molecule has 0 spiro atoms. The van der Waals surface area contributed by atoms with E-state index < -0.39 is 12.0 Å². The molecule has 32 heavy (non-hydrogen) atoms. The van der Waals surface area contributed by atoms with Crippen LogP contribution in [-0.4, -0.2) is 45.5 Å². The predicted octanol–water partition coefficient (Wildman–Crippen LogP) is 3.50. The summed E-state index contributed by atoms with van der Waals surface area (Å²) in [5.74, 6) is -0.681. The van der Waals surface area contributed by atoms with Crippen LogP contribution in [0.4, 0.5) is 19.0 Å². The molecule has 1 aromatic carbocycles. The van der Waals surface area contributed by atoms with Gasteiger partial charge in [0.05, 0.1) is 12.5 Å². The first-order valence-electron chi connectivity index (χ1n) is 10.3. The zero-order valence-electron chi connectivity index (χ0n) is 17.4. The first-order chi connectivity index (χ1) is 15.4. The third-order valence-electron chi connectivity index (χ3n) is 5.30. The van der Waals surface area contributed by atoms with Crippen LogP contribution in [0.15, 0.2) is 36.4 Å². The van der Waals surface area contributed by atoms with Gasteiger partial charge in [-0.15, -0.1) is 15.3 Å². The summed E-state index contributed by atoms with van der Waals surface area (Å²) in [6.45, 7) is 3.47. The topological polar surface area (TPSA) is 81.9 Å². The maximum absolute atomic E-state index is 13.1. The van der Waals surface area contributed by atoms with Gasteiger partial charge in [-0.3, -0.25) is 4.79 Å². The predicted molar refractivity (Wildman–Crippen MR) is 108 cm³/mol. The molecule has 1 saturated heterocycles. The molecule has 11 heteroatoms. The van der Waals surface area contributed by atoms with Crippen LogP contribution in [0.5, 0.6) is 5.75 Å². The summed E-state index contributed by atoms with van der Waals surface area (Å²) in [5, 5.41) is 10.8. The van der Waals surface area contributed by atoms with Crippen LogP contribution in [0, 0.1) is 5.92 Å². The molecule has 1 aliphatic rings. The second kappa shape index (κ2) is 9.01. The van der Waals surface area contributed by atoms with Crippen LogP contribution in [0.2, 0.25) is 0 Å². The maximum atomic E-state index is 13.1. The summed E-state index contributed by atoms with van der Waals surface area (Å²) in [6.07, 6.45) is -3.62. The Morgan fingerprint density at radius 1 is 1.12 bits per heavy atom. The van der Waals surface area contributed by atoms with Crippen LogP contribution in [-0.2, 0) is 22.3 Å². The van der Waals surface area contributed by atoms with E-state index in [0.29, 0.717) is 48.6 Å². The molecule has 1 aliphatic heterocycles. The largest absolute Gasteiger partial charge is 0.493 e. The SMILES string of the molecule is CCOc1ccccc1COC(=O)C1CCN(c2ccc3nnc(C(F)(F)F)n3n2)CC1. The Morgan fingerprint density at radius 2 is 1.88 bits per heavy atom. The number of benzene rings is 1. The molecule has 170 valence electrons. The van der Waals surface area contributed by atoms with Crippen molar-refractivity contribution in [3.63, 3.8) is 0 Å². The summed E-state index contributed by atoms with van der Waals surface area (Å²) in [4.78, 5) is 14.4. The van der Waals surface area contributed by atoms with Gasteiger partial charge in [-0.2, -0.15) is 17.7 Å². The molecule has 3 heterocycles. The van der Waals surface area contributed by atoms with Gasteiger partial charge in [0, 0.05) is 18.7 Å². The molecule has 8 nitrogen and oxygen atoms in total. The van der Waals surface area contributed by atoms with E-state index in [4.69, 9.17) is 9.47 Å². The Morgan fingerprint density at radius 3 is 2.59 bits per heavy atom. The van der Waals surface area contributed by atoms with Gasteiger partial charge in [0.1, 0.15) is 18.2 Å². The Bertz CT molecular complexity index is 1090. The van der Waals surface area contributed by atoms with Crippen molar-refractivity contribution in [3.05, 3.63) is 47.8 Å². The molecule has 0 unspecified atom stereocenters. The van der Waals surface area contributed by atoms with Gasteiger partial charge in [0.25, 0.3) is 5.82 Å². The van der Waals surface area contributed by atoms with Crippen molar-refractivity contribution in [3.8, 4) is 5.75 Å². The molecule has 0 saturated carbocycles. The molecule has 2 aromatic heterocycles. The van der Waals surface area contributed by atoms with Gasteiger partial charge >= 0.3 is 12.1 Å². The molecule has 4 rings (SSSR count). The summed E-state index contributed by atoms with van der Waals surface area (Å²) in [5.41, 5.74) is 0.818. The fraction of sp³-hybridized carbons (Fsp3) is 0.429. The number of nitrogens with zero attached hydrogens (tertiary/aromatic N) is 5. The third kappa shape index (κ3) is 4.61. The zero-order valence-corrected chi connectivity index (χ0v) is 17.4. The number of carbonyl (C=O) groups is 1. The quantitative estimate of drug-likeness (QED) is 0.533. The molecule has 0 atom stereocenters. The molecule has 1 fully saturated rings. The summed E-state index contributed by atoms with van der Waals surface area (Å²) >= 11 is 0. The number of esters is 1. The van der Waals surface area contributed by atoms with Crippen molar-refractivity contribution in [2.45, 2.75) is 32.5 Å². The maximum Gasteiger partial charge on any atom is 0.453 e. The number of ether oxygens (including phenoxy) is 2. The number of carbonyl (C=O) groups excluding carboxylic acids is 1. The Kier molecular flexibility index (Phi) is 6.15. The molecule has 0 N–H and O–H groups in total. The number of rotatable bonds is 6. The van der Waals surface area contributed by atoms with Gasteiger partial charge in [-0.05, 0) is 38.0 Å². The van der Waals surface area contributed by atoms with Crippen LogP contribution < -0.4 is 9.64 Å². The van der Waals surface area contributed by atoms with E-state index >= 15 is 0 Å². The van der Waals surface area contributed by atoms with Crippen molar-refractivity contribution in [2.75, 3.05) is 24.6 Å². The first kappa shape index (κ1) is 21.8. The van der Waals surface area contributed by atoms with E-state index in [1.165, 1.54) is 6.07 Å². The van der Waals surface area contributed by atoms with Crippen LogP contribution in [0.1, 0.15) is 31.2 Å².